The lowest BCUT2D eigenvalue weighted by atomic mass is 10.1. The van der Waals surface area contributed by atoms with Gasteiger partial charge in [-0.3, -0.25) is 4.98 Å². The zero-order valence-corrected chi connectivity index (χ0v) is 18.0. The lowest BCUT2D eigenvalue weighted by Crippen LogP contribution is -2.44. The molecule has 0 aromatic carbocycles. The molecule has 3 aromatic heterocycles. The number of nitrogens with zero attached hydrogens (tertiary/aromatic N) is 5. The second-order valence-corrected chi connectivity index (χ2v) is 6.33. The van der Waals surface area contributed by atoms with Gasteiger partial charge in [0.1, 0.15) is 0 Å². The van der Waals surface area contributed by atoms with Crippen LogP contribution in [0.3, 0.4) is 0 Å². The van der Waals surface area contributed by atoms with Gasteiger partial charge in [0.2, 0.25) is 0 Å². The van der Waals surface area contributed by atoms with Gasteiger partial charge in [-0.05, 0) is 32.9 Å². The van der Waals surface area contributed by atoms with Crippen molar-refractivity contribution in [3.05, 3.63) is 41.3 Å². The Balaban J connectivity index is 0.00000121. The second-order valence-electron chi connectivity index (χ2n) is 6.33. The number of piperazine rings is 1. The van der Waals surface area contributed by atoms with Gasteiger partial charge < -0.3 is 10.2 Å². The standard InChI is InChI=1S/C18H22N6.3ClH/c1-12-13(2)18(23-10-8-20-9-11-23)22-24-16(14(3)21-17(12)24)15-4-6-19-7-5-15;;;/h4-7,20H,8-11H2,1-3H3;3*1H. The molecule has 1 fully saturated rings. The van der Waals surface area contributed by atoms with Crippen molar-refractivity contribution in [3.63, 3.8) is 0 Å². The van der Waals surface area contributed by atoms with E-state index in [4.69, 9.17) is 10.1 Å². The topological polar surface area (TPSA) is 58.4 Å². The third-order valence-corrected chi connectivity index (χ3v) is 4.83. The summed E-state index contributed by atoms with van der Waals surface area (Å²) >= 11 is 0. The first-order chi connectivity index (χ1) is 11.7. The molecule has 3 aromatic rings. The Hall–Kier alpha value is -1.60. The van der Waals surface area contributed by atoms with Crippen LogP contribution in [0.2, 0.25) is 0 Å². The summed E-state index contributed by atoms with van der Waals surface area (Å²) in [5.74, 6) is 1.06. The van der Waals surface area contributed by atoms with E-state index in [-0.39, 0.29) is 37.2 Å². The number of anilines is 1. The van der Waals surface area contributed by atoms with Gasteiger partial charge in [0, 0.05) is 55.3 Å². The SMILES string of the molecule is Cc1nc2c(C)c(C)c(N3CCNCC3)nn2c1-c1ccncc1.Cl.Cl.Cl. The van der Waals surface area contributed by atoms with Gasteiger partial charge in [0.25, 0.3) is 0 Å². The largest absolute Gasteiger partial charge is 0.352 e. The molecule has 9 heteroatoms. The second kappa shape index (κ2) is 9.55. The molecule has 0 aliphatic carbocycles. The summed E-state index contributed by atoms with van der Waals surface area (Å²) in [5, 5.41) is 8.39. The van der Waals surface area contributed by atoms with Gasteiger partial charge in [-0.1, -0.05) is 0 Å². The fourth-order valence-electron chi connectivity index (χ4n) is 3.38. The number of nitrogens with one attached hydrogen (secondary N) is 1. The molecule has 0 spiro atoms. The predicted molar refractivity (Wildman–Crippen MR) is 117 cm³/mol. The summed E-state index contributed by atoms with van der Waals surface area (Å²) in [6.07, 6.45) is 3.62. The number of imidazole rings is 1. The summed E-state index contributed by atoms with van der Waals surface area (Å²) in [7, 11) is 0. The fraction of sp³-hybridized carbons (Fsp3) is 0.389. The van der Waals surface area contributed by atoms with Crippen molar-refractivity contribution in [2.75, 3.05) is 31.1 Å². The molecule has 0 radical (unpaired) electrons. The number of pyridine rings is 1. The molecule has 148 valence electrons. The number of hydrogen-bond acceptors (Lipinski definition) is 5. The average Bonchev–Trinajstić information content (AvgIpc) is 2.96. The smallest absolute Gasteiger partial charge is 0.157 e. The summed E-state index contributed by atoms with van der Waals surface area (Å²) in [5.41, 5.74) is 6.49. The van der Waals surface area contributed by atoms with Crippen LogP contribution in [-0.4, -0.2) is 45.8 Å². The van der Waals surface area contributed by atoms with E-state index < -0.39 is 0 Å². The van der Waals surface area contributed by atoms with E-state index in [9.17, 15) is 0 Å². The Morgan fingerprint density at radius 1 is 0.926 bits per heavy atom. The summed E-state index contributed by atoms with van der Waals surface area (Å²) in [6, 6.07) is 4.02. The van der Waals surface area contributed by atoms with E-state index in [1.807, 2.05) is 36.0 Å². The maximum atomic E-state index is 4.99. The van der Waals surface area contributed by atoms with Crippen LogP contribution >= 0.6 is 37.2 Å². The van der Waals surface area contributed by atoms with Crippen molar-refractivity contribution < 1.29 is 0 Å². The average molecular weight is 432 g/mol. The minimum Gasteiger partial charge on any atom is -0.352 e. The third-order valence-electron chi connectivity index (χ3n) is 4.83. The third kappa shape index (κ3) is 4.14. The normalized spacial score (nSPS) is 13.5. The summed E-state index contributed by atoms with van der Waals surface area (Å²) in [4.78, 5) is 11.3. The van der Waals surface area contributed by atoms with Crippen molar-refractivity contribution in [3.8, 4) is 11.3 Å². The molecule has 1 N–H and O–H groups in total. The van der Waals surface area contributed by atoms with Crippen molar-refractivity contribution in [2.24, 2.45) is 0 Å². The van der Waals surface area contributed by atoms with E-state index in [1.165, 1.54) is 11.1 Å². The molecule has 0 unspecified atom stereocenters. The molecule has 27 heavy (non-hydrogen) atoms. The first-order valence-corrected chi connectivity index (χ1v) is 8.39. The number of rotatable bonds is 2. The molecular formula is C18H25Cl3N6. The first kappa shape index (κ1) is 23.4. The Labute approximate surface area is 178 Å². The Kier molecular flexibility index (Phi) is 8.29. The monoisotopic (exact) mass is 430 g/mol. The highest BCUT2D eigenvalue weighted by molar-refractivity contribution is 5.86. The highest BCUT2D eigenvalue weighted by Gasteiger charge is 2.21. The maximum Gasteiger partial charge on any atom is 0.157 e. The minimum absolute atomic E-state index is 0. The Morgan fingerprint density at radius 2 is 1.56 bits per heavy atom. The van der Waals surface area contributed by atoms with Crippen LogP contribution in [0.5, 0.6) is 0 Å². The van der Waals surface area contributed by atoms with E-state index in [2.05, 4.69) is 29.0 Å². The summed E-state index contributed by atoms with van der Waals surface area (Å²) in [6.45, 7) is 10.3. The van der Waals surface area contributed by atoms with Crippen LogP contribution in [0, 0.1) is 20.8 Å². The fourth-order valence-corrected chi connectivity index (χ4v) is 3.38. The van der Waals surface area contributed by atoms with Gasteiger partial charge in [-0.25, -0.2) is 9.50 Å². The summed E-state index contributed by atoms with van der Waals surface area (Å²) < 4.78 is 2.00. The van der Waals surface area contributed by atoms with Crippen molar-refractivity contribution >= 4 is 48.7 Å². The van der Waals surface area contributed by atoms with Crippen LogP contribution in [0.25, 0.3) is 16.9 Å². The van der Waals surface area contributed by atoms with Crippen LogP contribution in [-0.2, 0) is 0 Å². The molecule has 1 aliphatic rings. The molecule has 0 saturated carbocycles. The number of halogens is 3. The number of aryl methyl sites for hydroxylation is 2. The molecule has 1 aliphatic heterocycles. The van der Waals surface area contributed by atoms with E-state index in [1.54, 1.807) is 0 Å². The lowest BCUT2D eigenvalue weighted by molar-refractivity contribution is 0.580. The zero-order chi connectivity index (χ0) is 16.7. The molecule has 1 saturated heterocycles. The number of fused-ring (bicyclic) bond motifs is 1. The van der Waals surface area contributed by atoms with Crippen molar-refractivity contribution in [1.29, 1.82) is 0 Å². The molecular weight excluding hydrogens is 407 g/mol. The minimum atomic E-state index is 0. The molecule has 0 atom stereocenters. The van der Waals surface area contributed by atoms with Crippen molar-refractivity contribution in [2.45, 2.75) is 20.8 Å². The van der Waals surface area contributed by atoms with E-state index in [0.29, 0.717) is 0 Å². The Morgan fingerprint density at radius 3 is 2.19 bits per heavy atom. The van der Waals surface area contributed by atoms with Crippen LogP contribution < -0.4 is 10.2 Å². The van der Waals surface area contributed by atoms with Crippen LogP contribution in [0.1, 0.15) is 16.8 Å². The number of hydrogen-bond donors (Lipinski definition) is 1. The van der Waals surface area contributed by atoms with Crippen LogP contribution in [0.15, 0.2) is 24.5 Å². The van der Waals surface area contributed by atoms with Crippen LogP contribution in [0.4, 0.5) is 5.82 Å². The Bertz CT molecular complexity index is 891. The highest BCUT2D eigenvalue weighted by atomic mass is 35.5. The molecule has 4 rings (SSSR count). The molecule has 6 nitrogen and oxygen atoms in total. The van der Waals surface area contributed by atoms with Gasteiger partial charge in [0.15, 0.2) is 11.5 Å². The van der Waals surface area contributed by atoms with E-state index >= 15 is 0 Å². The molecule has 0 bridgehead atoms. The van der Waals surface area contributed by atoms with E-state index in [0.717, 1.165) is 54.6 Å². The number of aromatic nitrogens is 4. The predicted octanol–water partition coefficient (Wildman–Crippen LogP) is 3.39. The quantitative estimate of drug-likeness (QED) is 0.674. The highest BCUT2D eigenvalue weighted by Crippen LogP contribution is 2.29. The molecule has 0 amide bonds. The van der Waals surface area contributed by atoms with Crippen molar-refractivity contribution in [1.82, 2.24) is 24.9 Å². The van der Waals surface area contributed by atoms with Gasteiger partial charge in [-0.2, -0.15) is 0 Å². The van der Waals surface area contributed by atoms with Gasteiger partial charge >= 0.3 is 0 Å². The van der Waals surface area contributed by atoms with Gasteiger partial charge in [0.05, 0.1) is 11.4 Å². The molecule has 4 heterocycles. The van der Waals surface area contributed by atoms with Gasteiger partial charge in [-0.15, -0.1) is 42.3 Å². The lowest BCUT2D eigenvalue weighted by Gasteiger charge is -2.30. The zero-order valence-electron chi connectivity index (χ0n) is 15.6. The maximum absolute atomic E-state index is 4.99. The first-order valence-electron chi connectivity index (χ1n) is 8.39.